The minimum absolute atomic E-state index is 0.338. The van der Waals surface area contributed by atoms with E-state index in [4.69, 9.17) is 5.11 Å². The molecule has 0 aliphatic carbocycles. The van der Waals surface area contributed by atoms with Crippen LogP contribution in [-0.4, -0.2) is 37.3 Å². The van der Waals surface area contributed by atoms with Crippen LogP contribution in [0.25, 0.3) is 0 Å². The molecule has 0 aliphatic heterocycles. The van der Waals surface area contributed by atoms with Gasteiger partial charge in [0.2, 0.25) is 0 Å². The van der Waals surface area contributed by atoms with Gasteiger partial charge in [0.25, 0.3) is 0 Å². The number of unbranched alkanes of at least 4 members (excludes halogenated alkanes) is 21. The standard InChI is InChI=1S/C31H64N2O2/c1-2-3-4-5-6-12-17-22-27-32-29-24-19-14-10-15-20-25-30-33-28-23-18-13-9-7-8-11-16-21-26-31(34)35/h32-33H,2-30H2,1H3,(H,34,35). The van der Waals surface area contributed by atoms with Gasteiger partial charge in [0.15, 0.2) is 0 Å². The van der Waals surface area contributed by atoms with Crippen LogP contribution in [0.1, 0.15) is 167 Å². The van der Waals surface area contributed by atoms with E-state index < -0.39 is 5.97 Å². The van der Waals surface area contributed by atoms with E-state index >= 15 is 0 Å². The van der Waals surface area contributed by atoms with Gasteiger partial charge < -0.3 is 15.7 Å². The van der Waals surface area contributed by atoms with Crippen molar-refractivity contribution in [3.05, 3.63) is 0 Å². The van der Waals surface area contributed by atoms with Crippen LogP contribution in [0.5, 0.6) is 0 Å². The predicted molar refractivity (Wildman–Crippen MR) is 154 cm³/mol. The van der Waals surface area contributed by atoms with E-state index in [0.29, 0.717) is 6.42 Å². The Morgan fingerprint density at radius 3 is 0.971 bits per heavy atom. The number of carboxylic acids is 1. The maximum absolute atomic E-state index is 10.4. The molecule has 0 saturated heterocycles. The second-order valence-electron chi connectivity index (χ2n) is 10.8. The van der Waals surface area contributed by atoms with Crippen LogP contribution in [0.2, 0.25) is 0 Å². The topological polar surface area (TPSA) is 61.4 Å². The third-order valence-corrected chi connectivity index (χ3v) is 7.16. The first-order valence-electron chi connectivity index (χ1n) is 15.9. The van der Waals surface area contributed by atoms with Crippen LogP contribution in [0.15, 0.2) is 0 Å². The summed E-state index contributed by atoms with van der Waals surface area (Å²) in [7, 11) is 0. The van der Waals surface area contributed by atoms with Crippen molar-refractivity contribution in [1.29, 1.82) is 0 Å². The molecule has 0 amide bonds. The third kappa shape index (κ3) is 33.4. The van der Waals surface area contributed by atoms with E-state index in [1.165, 1.54) is 167 Å². The maximum atomic E-state index is 10.4. The Morgan fingerprint density at radius 1 is 0.429 bits per heavy atom. The Kier molecular flexibility index (Phi) is 30.9. The van der Waals surface area contributed by atoms with Crippen molar-refractivity contribution in [3.63, 3.8) is 0 Å². The maximum Gasteiger partial charge on any atom is 0.303 e. The van der Waals surface area contributed by atoms with Gasteiger partial charge in [-0.15, -0.1) is 0 Å². The molecule has 4 heteroatoms. The second kappa shape index (κ2) is 31.4. The van der Waals surface area contributed by atoms with Crippen LogP contribution >= 0.6 is 0 Å². The summed E-state index contributed by atoms with van der Waals surface area (Å²) in [5.41, 5.74) is 0. The number of aliphatic carboxylic acids is 1. The highest BCUT2D eigenvalue weighted by molar-refractivity contribution is 5.66. The zero-order valence-corrected chi connectivity index (χ0v) is 23.9. The van der Waals surface area contributed by atoms with Crippen molar-refractivity contribution in [2.75, 3.05) is 26.2 Å². The first kappa shape index (κ1) is 34.4. The highest BCUT2D eigenvalue weighted by atomic mass is 16.4. The van der Waals surface area contributed by atoms with Crippen LogP contribution in [0, 0.1) is 0 Å². The van der Waals surface area contributed by atoms with Crippen LogP contribution < -0.4 is 10.6 Å². The number of carbonyl (C=O) groups is 1. The summed E-state index contributed by atoms with van der Waals surface area (Å²) in [6.45, 7) is 7.10. The molecule has 0 aromatic carbocycles. The first-order chi connectivity index (χ1) is 17.3. The number of rotatable bonds is 31. The quantitative estimate of drug-likeness (QED) is 0.0838. The lowest BCUT2D eigenvalue weighted by molar-refractivity contribution is -0.137. The van der Waals surface area contributed by atoms with E-state index in [1.54, 1.807) is 0 Å². The largest absolute Gasteiger partial charge is 0.481 e. The van der Waals surface area contributed by atoms with E-state index in [2.05, 4.69) is 17.6 Å². The number of hydrogen-bond acceptors (Lipinski definition) is 3. The van der Waals surface area contributed by atoms with Gasteiger partial charge in [-0.25, -0.2) is 0 Å². The van der Waals surface area contributed by atoms with Gasteiger partial charge in [0.1, 0.15) is 0 Å². The fourth-order valence-corrected chi connectivity index (χ4v) is 4.78. The third-order valence-electron chi connectivity index (χ3n) is 7.16. The van der Waals surface area contributed by atoms with Gasteiger partial charge in [-0.05, 0) is 58.3 Å². The Hall–Kier alpha value is -0.610. The van der Waals surface area contributed by atoms with Gasteiger partial charge in [0.05, 0.1) is 0 Å². The normalized spacial score (nSPS) is 11.3. The van der Waals surface area contributed by atoms with Gasteiger partial charge >= 0.3 is 5.97 Å². The second-order valence-corrected chi connectivity index (χ2v) is 10.8. The monoisotopic (exact) mass is 496 g/mol. The van der Waals surface area contributed by atoms with Crippen molar-refractivity contribution in [2.24, 2.45) is 0 Å². The van der Waals surface area contributed by atoms with Crippen molar-refractivity contribution in [3.8, 4) is 0 Å². The number of carboxylic acid groups (broad SMARTS) is 1. The molecule has 35 heavy (non-hydrogen) atoms. The van der Waals surface area contributed by atoms with E-state index in [-0.39, 0.29) is 0 Å². The lowest BCUT2D eigenvalue weighted by Gasteiger charge is -2.06. The van der Waals surface area contributed by atoms with Gasteiger partial charge in [-0.3, -0.25) is 4.79 Å². The lowest BCUT2D eigenvalue weighted by Crippen LogP contribution is -2.16. The summed E-state index contributed by atoms with van der Waals surface area (Å²) >= 11 is 0. The molecule has 0 fully saturated rings. The summed E-state index contributed by atoms with van der Waals surface area (Å²) in [5.74, 6) is -0.656. The first-order valence-corrected chi connectivity index (χ1v) is 15.9. The summed E-state index contributed by atoms with van der Waals surface area (Å²) in [4.78, 5) is 10.4. The Balaban J connectivity index is 3.01. The molecule has 4 nitrogen and oxygen atoms in total. The average Bonchev–Trinajstić information content (AvgIpc) is 2.85. The number of hydrogen-bond donors (Lipinski definition) is 3. The minimum atomic E-state index is -0.656. The van der Waals surface area contributed by atoms with E-state index in [0.717, 1.165) is 12.8 Å². The van der Waals surface area contributed by atoms with Crippen molar-refractivity contribution in [2.45, 2.75) is 167 Å². The molecular formula is C31H64N2O2. The lowest BCUT2D eigenvalue weighted by atomic mass is 10.1. The van der Waals surface area contributed by atoms with Crippen LogP contribution in [-0.2, 0) is 4.79 Å². The van der Waals surface area contributed by atoms with Crippen molar-refractivity contribution < 1.29 is 9.90 Å². The zero-order valence-electron chi connectivity index (χ0n) is 23.9. The molecule has 0 bridgehead atoms. The molecule has 0 unspecified atom stereocenters. The highest BCUT2D eigenvalue weighted by Crippen LogP contribution is 2.11. The summed E-state index contributed by atoms with van der Waals surface area (Å²) in [6, 6.07) is 0. The molecule has 0 aromatic heterocycles. The highest BCUT2D eigenvalue weighted by Gasteiger charge is 1.97. The molecule has 0 spiro atoms. The van der Waals surface area contributed by atoms with Gasteiger partial charge in [0, 0.05) is 6.42 Å². The predicted octanol–water partition coefficient (Wildman–Crippen LogP) is 9.02. The molecule has 0 aromatic rings. The Morgan fingerprint density at radius 2 is 0.686 bits per heavy atom. The molecule has 3 N–H and O–H groups in total. The van der Waals surface area contributed by atoms with E-state index in [1.807, 2.05) is 0 Å². The number of nitrogens with one attached hydrogen (secondary N) is 2. The molecule has 0 heterocycles. The van der Waals surface area contributed by atoms with Gasteiger partial charge in [-0.2, -0.15) is 0 Å². The summed E-state index contributed by atoms with van der Waals surface area (Å²) < 4.78 is 0. The summed E-state index contributed by atoms with van der Waals surface area (Å²) in [5, 5.41) is 15.9. The molecular weight excluding hydrogens is 432 g/mol. The fourth-order valence-electron chi connectivity index (χ4n) is 4.78. The van der Waals surface area contributed by atoms with Crippen LogP contribution in [0.3, 0.4) is 0 Å². The van der Waals surface area contributed by atoms with E-state index in [9.17, 15) is 4.79 Å². The average molecular weight is 497 g/mol. The summed E-state index contributed by atoms with van der Waals surface area (Å²) in [6.07, 6.45) is 32.4. The molecule has 0 saturated carbocycles. The Labute approximate surface area is 220 Å². The van der Waals surface area contributed by atoms with Crippen LogP contribution in [0.4, 0.5) is 0 Å². The minimum Gasteiger partial charge on any atom is -0.481 e. The molecule has 210 valence electrons. The van der Waals surface area contributed by atoms with Gasteiger partial charge in [-0.1, -0.05) is 129 Å². The molecule has 0 rings (SSSR count). The molecule has 0 radical (unpaired) electrons. The Bertz CT molecular complexity index is 403. The fraction of sp³-hybridized carbons (Fsp3) is 0.968. The van der Waals surface area contributed by atoms with Crippen molar-refractivity contribution in [1.82, 2.24) is 10.6 Å². The SMILES string of the molecule is CCCCCCCCCCNCCCCCCCCCNCCCCCCCCCCCC(=O)O. The van der Waals surface area contributed by atoms with Crippen molar-refractivity contribution >= 4 is 5.97 Å². The smallest absolute Gasteiger partial charge is 0.303 e. The molecule has 0 aliphatic rings. The molecule has 0 atom stereocenters. The zero-order chi connectivity index (χ0) is 25.5.